The summed E-state index contributed by atoms with van der Waals surface area (Å²) in [5.41, 5.74) is 1.64. The number of nitrogens with one attached hydrogen (secondary N) is 1. The molecule has 2 aromatic heterocycles. The molecule has 1 atom stereocenters. The molecule has 1 fully saturated rings. The fourth-order valence-electron chi connectivity index (χ4n) is 3.55. The second-order valence-electron chi connectivity index (χ2n) is 6.62. The van der Waals surface area contributed by atoms with Crippen LogP contribution in [-0.2, 0) is 0 Å². The van der Waals surface area contributed by atoms with Gasteiger partial charge in [-0.05, 0) is 68.4 Å². The zero-order valence-electron chi connectivity index (χ0n) is 14.7. The Morgan fingerprint density at radius 3 is 2.62 bits per heavy atom. The summed E-state index contributed by atoms with van der Waals surface area (Å²) < 4.78 is 7.61. The molecule has 3 aromatic rings. The molecule has 4 rings (SSSR count). The average molecular weight is 349 g/mol. The fraction of sp³-hybridized carbons (Fsp3) is 0.286. The van der Waals surface area contributed by atoms with Crippen molar-refractivity contribution in [3.63, 3.8) is 0 Å². The number of amides is 1. The number of likely N-dealkylation sites (tertiary alicyclic amines) is 1. The Morgan fingerprint density at radius 1 is 1.08 bits per heavy atom. The molecule has 3 heterocycles. The van der Waals surface area contributed by atoms with Crippen LogP contribution in [0.4, 0.5) is 0 Å². The molecule has 1 saturated heterocycles. The normalized spacial score (nSPS) is 15.8. The van der Waals surface area contributed by atoms with Crippen LogP contribution in [-0.4, -0.2) is 35.0 Å². The molecular formula is C21H23N3O2. The first-order valence-electron chi connectivity index (χ1n) is 9.10. The summed E-state index contributed by atoms with van der Waals surface area (Å²) in [6.45, 7) is 2.63. The quantitative estimate of drug-likeness (QED) is 0.739. The van der Waals surface area contributed by atoms with Crippen LogP contribution in [0.3, 0.4) is 0 Å². The van der Waals surface area contributed by atoms with Gasteiger partial charge in [0.15, 0.2) is 0 Å². The number of benzene rings is 1. The van der Waals surface area contributed by atoms with E-state index in [1.165, 1.54) is 12.8 Å². The molecule has 1 aliphatic heterocycles. The number of furan rings is 1. The summed E-state index contributed by atoms with van der Waals surface area (Å²) in [7, 11) is 0. The second kappa shape index (κ2) is 7.62. The first-order chi connectivity index (χ1) is 12.8. The predicted octanol–water partition coefficient (Wildman–Crippen LogP) is 3.64. The van der Waals surface area contributed by atoms with Crippen molar-refractivity contribution in [2.24, 2.45) is 0 Å². The van der Waals surface area contributed by atoms with Crippen molar-refractivity contribution in [2.45, 2.75) is 18.9 Å². The van der Waals surface area contributed by atoms with Gasteiger partial charge in [0.25, 0.3) is 5.91 Å². The molecule has 5 heteroatoms. The lowest BCUT2D eigenvalue weighted by molar-refractivity contribution is 0.0933. The molecule has 0 saturated carbocycles. The van der Waals surface area contributed by atoms with E-state index in [-0.39, 0.29) is 11.9 Å². The smallest absolute Gasteiger partial charge is 0.251 e. The third kappa shape index (κ3) is 3.58. The molecule has 1 N–H and O–H groups in total. The van der Waals surface area contributed by atoms with Gasteiger partial charge in [0.2, 0.25) is 0 Å². The number of nitrogens with zero attached hydrogens (tertiary/aromatic N) is 2. The van der Waals surface area contributed by atoms with Gasteiger partial charge in [-0.15, -0.1) is 0 Å². The zero-order valence-corrected chi connectivity index (χ0v) is 14.7. The molecule has 26 heavy (non-hydrogen) atoms. The highest BCUT2D eigenvalue weighted by Crippen LogP contribution is 2.25. The lowest BCUT2D eigenvalue weighted by Gasteiger charge is -2.26. The summed E-state index contributed by atoms with van der Waals surface area (Å²) in [4.78, 5) is 15.1. The van der Waals surface area contributed by atoms with E-state index in [1.807, 2.05) is 65.5 Å². The van der Waals surface area contributed by atoms with Crippen LogP contribution < -0.4 is 5.32 Å². The number of aromatic nitrogens is 1. The van der Waals surface area contributed by atoms with E-state index in [1.54, 1.807) is 6.26 Å². The molecule has 0 bridgehead atoms. The van der Waals surface area contributed by atoms with Gasteiger partial charge in [-0.2, -0.15) is 0 Å². The Labute approximate surface area is 153 Å². The number of hydrogen-bond donors (Lipinski definition) is 1. The fourth-order valence-corrected chi connectivity index (χ4v) is 3.55. The molecule has 1 amide bonds. The first-order valence-corrected chi connectivity index (χ1v) is 9.10. The van der Waals surface area contributed by atoms with Gasteiger partial charge in [0.1, 0.15) is 5.76 Å². The van der Waals surface area contributed by atoms with Crippen molar-refractivity contribution in [3.05, 3.63) is 78.5 Å². The molecule has 5 nitrogen and oxygen atoms in total. The number of carbonyl (C=O) groups is 1. The van der Waals surface area contributed by atoms with Gasteiger partial charge in [-0.3, -0.25) is 9.69 Å². The van der Waals surface area contributed by atoms with Gasteiger partial charge in [-0.1, -0.05) is 6.07 Å². The maximum Gasteiger partial charge on any atom is 0.251 e. The van der Waals surface area contributed by atoms with Gasteiger partial charge >= 0.3 is 0 Å². The Balaban J connectivity index is 1.46. The van der Waals surface area contributed by atoms with Crippen LogP contribution in [0.1, 0.15) is 35.0 Å². The molecular weight excluding hydrogens is 326 g/mol. The molecule has 1 unspecified atom stereocenters. The molecule has 0 spiro atoms. The highest BCUT2D eigenvalue weighted by molar-refractivity contribution is 5.94. The van der Waals surface area contributed by atoms with E-state index >= 15 is 0 Å². The van der Waals surface area contributed by atoms with Crippen molar-refractivity contribution >= 4 is 5.91 Å². The summed E-state index contributed by atoms with van der Waals surface area (Å²) in [5.74, 6) is 0.850. The van der Waals surface area contributed by atoms with Crippen LogP contribution in [0.25, 0.3) is 5.69 Å². The highest BCUT2D eigenvalue weighted by Gasteiger charge is 2.26. The Morgan fingerprint density at radius 2 is 1.88 bits per heavy atom. The largest absolute Gasteiger partial charge is 0.468 e. The second-order valence-corrected chi connectivity index (χ2v) is 6.62. The van der Waals surface area contributed by atoms with Gasteiger partial charge in [-0.25, -0.2) is 0 Å². The monoisotopic (exact) mass is 349 g/mol. The highest BCUT2D eigenvalue weighted by atomic mass is 16.3. The summed E-state index contributed by atoms with van der Waals surface area (Å²) >= 11 is 0. The van der Waals surface area contributed by atoms with E-state index in [0.717, 1.165) is 24.5 Å². The maximum atomic E-state index is 12.7. The van der Waals surface area contributed by atoms with Crippen molar-refractivity contribution in [1.82, 2.24) is 14.8 Å². The van der Waals surface area contributed by atoms with E-state index < -0.39 is 0 Å². The van der Waals surface area contributed by atoms with E-state index in [0.29, 0.717) is 12.1 Å². The van der Waals surface area contributed by atoms with Crippen molar-refractivity contribution in [2.75, 3.05) is 19.6 Å². The predicted molar refractivity (Wildman–Crippen MR) is 100 cm³/mol. The molecule has 0 aliphatic carbocycles. The third-order valence-electron chi connectivity index (χ3n) is 4.92. The van der Waals surface area contributed by atoms with Crippen molar-refractivity contribution < 1.29 is 9.21 Å². The summed E-state index contributed by atoms with van der Waals surface area (Å²) in [5, 5.41) is 3.09. The lowest BCUT2D eigenvalue weighted by atomic mass is 10.1. The van der Waals surface area contributed by atoms with Crippen LogP contribution in [0.15, 0.2) is 71.6 Å². The third-order valence-corrected chi connectivity index (χ3v) is 4.92. The maximum absolute atomic E-state index is 12.7. The Bertz CT molecular complexity index is 834. The van der Waals surface area contributed by atoms with Gasteiger partial charge in [0, 0.05) is 30.2 Å². The van der Waals surface area contributed by atoms with Crippen LogP contribution >= 0.6 is 0 Å². The van der Waals surface area contributed by atoms with E-state index in [2.05, 4.69) is 10.2 Å². The molecule has 134 valence electrons. The Hall–Kier alpha value is -2.79. The number of rotatable bonds is 6. The topological polar surface area (TPSA) is 50.4 Å². The lowest BCUT2D eigenvalue weighted by Crippen LogP contribution is -2.36. The standard InChI is InChI=1S/C21H23N3O2/c25-21(17-7-5-8-18(15-17)23-10-1-2-11-23)22-16-19(20-9-6-14-26-20)24-12-3-4-13-24/h1-2,5-11,14-15,19H,3-4,12-13,16H2,(H,22,25). The van der Waals surface area contributed by atoms with Gasteiger partial charge in [0.05, 0.1) is 12.3 Å². The SMILES string of the molecule is O=C(NCC(c1ccco1)N1CCCC1)c1cccc(-n2cccc2)c1. The molecule has 1 aliphatic rings. The zero-order chi connectivity index (χ0) is 17.8. The molecule has 1 aromatic carbocycles. The summed E-state index contributed by atoms with van der Waals surface area (Å²) in [6, 6.07) is 15.6. The van der Waals surface area contributed by atoms with Gasteiger partial charge < -0.3 is 14.3 Å². The molecule has 0 radical (unpaired) electrons. The van der Waals surface area contributed by atoms with Crippen LogP contribution in [0.5, 0.6) is 0 Å². The first kappa shape index (κ1) is 16.7. The Kier molecular flexibility index (Phi) is 4.88. The van der Waals surface area contributed by atoms with E-state index in [4.69, 9.17) is 4.42 Å². The van der Waals surface area contributed by atoms with E-state index in [9.17, 15) is 4.79 Å². The number of hydrogen-bond acceptors (Lipinski definition) is 3. The van der Waals surface area contributed by atoms with Crippen molar-refractivity contribution in [3.8, 4) is 5.69 Å². The number of carbonyl (C=O) groups excluding carboxylic acids is 1. The van der Waals surface area contributed by atoms with Crippen LogP contribution in [0.2, 0.25) is 0 Å². The van der Waals surface area contributed by atoms with Crippen LogP contribution in [0, 0.1) is 0 Å². The minimum absolute atomic E-state index is 0.0604. The average Bonchev–Trinajstić information content (AvgIpc) is 3.45. The van der Waals surface area contributed by atoms with Crippen molar-refractivity contribution in [1.29, 1.82) is 0 Å². The minimum atomic E-state index is -0.0604. The summed E-state index contributed by atoms with van der Waals surface area (Å²) in [6.07, 6.45) is 8.03. The minimum Gasteiger partial charge on any atom is -0.468 e.